The van der Waals surface area contributed by atoms with Gasteiger partial charge in [-0.1, -0.05) is 78.7 Å². The van der Waals surface area contributed by atoms with Crippen LogP contribution in [-0.2, 0) is 13.6 Å². The highest BCUT2D eigenvalue weighted by atomic mass is 28.4. The van der Waals surface area contributed by atoms with E-state index >= 15 is 0 Å². The molecule has 0 aromatic carbocycles. The topological polar surface area (TPSA) is 35.5 Å². The Bertz CT molecular complexity index is 866. The molecule has 6 unspecified atom stereocenters. The third kappa shape index (κ3) is 6.86. The molecular formula is C33H60O3Si2. The van der Waals surface area contributed by atoms with Crippen LogP contribution in [0.2, 0.25) is 36.3 Å². The van der Waals surface area contributed by atoms with E-state index in [0.29, 0.717) is 11.8 Å². The van der Waals surface area contributed by atoms with Crippen molar-refractivity contribution in [2.45, 2.75) is 155 Å². The molecule has 3 aliphatic rings. The van der Waals surface area contributed by atoms with Gasteiger partial charge < -0.3 is 13.6 Å². The van der Waals surface area contributed by atoms with E-state index in [0.717, 1.165) is 19.3 Å². The average molecular weight is 561 g/mol. The van der Waals surface area contributed by atoms with Crippen molar-refractivity contribution in [3.05, 3.63) is 23.3 Å². The van der Waals surface area contributed by atoms with Crippen molar-refractivity contribution in [3.8, 4) is 0 Å². The molecule has 0 spiro atoms. The molecule has 0 aliphatic heterocycles. The van der Waals surface area contributed by atoms with Crippen molar-refractivity contribution in [3.63, 3.8) is 0 Å². The zero-order valence-electron chi connectivity index (χ0n) is 27.0. The van der Waals surface area contributed by atoms with Crippen LogP contribution in [0.15, 0.2) is 23.3 Å². The SMILES string of the molecule is CC(C=O)C1CCC2C(=CC=C3CC(O[Si](C)(C)C(C)(C)C)CC(O[Si](C)(C)C(C)(C)C)C3)CCCC21C. The molecule has 0 aromatic rings. The van der Waals surface area contributed by atoms with E-state index in [1.54, 1.807) is 5.57 Å². The molecule has 218 valence electrons. The number of aldehydes is 1. The Labute approximate surface area is 237 Å². The van der Waals surface area contributed by atoms with Gasteiger partial charge in [0.2, 0.25) is 0 Å². The number of hydrogen-bond acceptors (Lipinski definition) is 3. The van der Waals surface area contributed by atoms with Crippen molar-refractivity contribution >= 4 is 22.9 Å². The first kappa shape index (κ1) is 32.0. The van der Waals surface area contributed by atoms with Gasteiger partial charge in [-0.2, -0.15) is 0 Å². The van der Waals surface area contributed by atoms with Crippen molar-refractivity contribution in [1.29, 1.82) is 0 Å². The fourth-order valence-corrected chi connectivity index (χ4v) is 9.83. The lowest BCUT2D eigenvalue weighted by molar-refractivity contribution is -0.113. The average Bonchev–Trinajstić information content (AvgIpc) is 3.12. The van der Waals surface area contributed by atoms with Crippen molar-refractivity contribution < 1.29 is 13.6 Å². The van der Waals surface area contributed by atoms with Gasteiger partial charge in [0.05, 0.1) is 12.2 Å². The third-order valence-corrected chi connectivity index (χ3v) is 20.5. The van der Waals surface area contributed by atoms with Gasteiger partial charge in [0, 0.05) is 5.92 Å². The van der Waals surface area contributed by atoms with Crippen molar-refractivity contribution in [2.24, 2.45) is 23.2 Å². The van der Waals surface area contributed by atoms with Gasteiger partial charge in [0.1, 0.15) is 6.29 Å². The molecule has 38 heavy (non-hydrogen) atoms. The number of carbonyl (C=O) groups is 1. The monoisotopic (exact) mass is 560 g/mol. The zero-order valence-corrected chi connectivity index (χ0v) is 29.0. The van der Waals surface area contributed by atoms with E-state index in [1.165, 1.54) is 44.0 Å². The van der Waals surface area contributed by atoms with Crippen molar-refractivity contribution in [2.75, 3.05) is 0 Å². The molecule has 6 atom stereocenters. The van der Waals surface area contributed by atoms with Crippen LogP contribution in [0.25, 0.3) is 0 Å². The number of rotatable bonds is 7. The number of fused-ring (bicyclic) bond motifs is 1. The summed E-state index contributed by atoms with van der Waals surface area (Å²) in [6, 6.07) is 0. The smallest absolute Gasteiger partial charge is 0.192 e. The minimum absolute atomic E-state index is 0.169. The summed E-state index contributed by atoms with van der Waals surface area (Å²) in [6.45, 7) is 28.2. The fraction of sp³-hybridized carbons (Fsp3) is 0.848. The van der Waals surface area contributed by atoms with Crippen molar-refractivity contribution in [1.82, 2.24) is 0 Å². The van der Waals surface area contributed by atoms with E-state index in [-0.39, 0.29) is 33.6 Å². The van der Waals surface area contributed by atoms with E-state index < -0.39 is 16.6 Å². The molecule has 0 aromatic heterocycles. The molecule has 0 saturated heterocycles. The predicted octanol–water partition coefficient (Wildman–Crippen LogP) is 9.86. The summed E-state index contributed by atoms with van der Waals surface area (Å²) in [5, 5.41) is 0.409. The Hall–Kier alpha value is -0.496. The second kappa shape index (κ2) is 11.4. The van der Waals surface area contributed by atoms with E-state index in [2.05, 4.69) is 93.7 Å². The lowest BCUT2D eigenvalue weighted by Gasteiger charge is -2.45. The molecule has 0 radical (unpaired) electrons. The normalized spacial score (nSPS) is 33.3. The standard InChI is InChI=1S/C33H60O3Si2/c1-24(23-34)29-17-18-30-26(14-13-19-33(29,30)8)16-15-25-20-27(35-37(9,10)31(2,3)4)22-28(21-25)36-38(11,12)32(5,6)7/h15-16,23-24,27-30H,13-14,17-22H2,1-12H3. The van der Waals surface area contributed by atoms with Crippen LogP contribution >= 0.6 is 0 Å². The molecule has 3 rings (SSSR count). The quantitative estimate of drug-likeness (QED) is 0.229. The maximum absolute atomic E-state index is 11.7. The highest BCUT2D eigenvalue weighted by Gasteiger charge is 2.50. The molecular weight excluding hydrogens is 501 g/mol. The lowest BCUT2D eigenvalue weighted by Crippen LogP contribution is -2.48. The van der Waals surface area contributed by atoms with Gasteiger partial charge in [0.25, 0.3) is 0 Å². The van der Waals surface area contributed by atoms with E-state index in [4.69, 9.17) is 8.85 Å². The first-order valence-electron chi connectivity index (χ1n) is 15.5. The first-order valence-corrected chi connectivity index (χ1v) is 21.3. The van der Waals surface area contributed by atoms with Crippen LogP contribution in [-0.4, -0.2) is 35.1 Å². The van der Waals surface area contributed by atoms with Crippen LogP contribution in [0.4, 0.5) is 0 Å². The fourth-order valence-electron chi connectivity index (χ4n) is 7.09. The Morgan fingerprint density at radius 3 is 1.89 bits per heavy atom. The molecule has 3 nitrogen and oxygen atoms in total. The maximum Gasteiger partial charge on any atom is 0.192 e. The van der Waals surface area contributed by atoms with Gasteiger partial charge >= 0.3 is 0 Å². The minimum Gasteiger partial charge on any atom is -0.414 e. The molecule has 0 bridgehead atoms. The summed E-state index contributed by atoms with van der Waals surface area (Å²) < 4.78 is 14.0. The molecule has 3 saturated carbocycles. The van der Waals surface area contributed by atoms with Crippen LogP contribution in [0, 0.1) is 23.2 Å². The summed E-state index contributed by atoms with van der Waals surface area (Å²) in [7, 11) is -3.73. The summed E-state index contributed by atoms with van der Waals surface area (Å²) in [5.74, 6) is 1.32. The molecule has 3 fully saturated rings. The van der Waals surface area contributed by atoms with Crippen LogP contribution in [0.3, 0.4) is 0 Å². The highest BCUT2D eigenvalue weighted by Crippen LogP contribution is 2.59. The third-order valence-electron chi connectivity index (χ3n) is 11.5. The van der Waals surface area contributed by atoms with Gasteiger partial charge in [-0.05, 0) is 105 Å². The maximum atomic E-state index is 11.7. The van der Waals surface area contributed by atoms with E-state index in [9.17, 15) is 4.79 Å². The van der Waals surface area contributed by atoms with Crippen LogP contribution < -0.4 is 0 Å². The first-order chi connectivity index (χ1) is 17.3. The summed E-state index contributed by atoms with van der Waals surface area (Å²) in [4.78, 5) is 11.7. The summed E-state index contributed by atoms with van der Waals surface area (Å²) in [5.41, 5.74) is 3.40. The van der Waals surface area contributed by atoms with Gasteiger partial charge in [-0.15, -0.1) is 0 Å². The van der Waals surface area contributed by atoms with Crippen LogP contribution in [0.1, 0.15) is 107 Å². The number of carbonyl (C=O) groups excluding carboxylic acids is 1. The minimum atomic E-state index is -1.87. The second-order valence-electron chi connectivity index (χ2n) is 16.3. The number of hydrogen-bond donors (Lipinski definition) is 0. The Kier molecular flexibility index (Phi) is 9.62. The summed E-state index contributed by atoms with van der Waals surface area (Å²) >= 11 is 0. The Balaban J connectivity index is 1.87. The Morgan fingerprint density at radius 2 is 1.42 bits per heavy atom. The van der Waals surface area contributed by atoms with Gasteiger partial charge in [-0.25, -0.2) is 0 Å². The predicted molar refractivity (Wildman–Crippen MR) is 168 cm³/mol. The van der Waals surface area contributed by atoms with E-state index in [1.807, 2.05) is 0 Å². The van der Waals surface area contributed by atoms with Gasteiger partial charge in [0.15, 0.2) is 16.6 Å². The second-order valence-corrected chi connectivity index (χ2v) is 25.8. The molecule has 3 aliphatic carbocycles. The molecule has 0 amide bonds. The largest absolute Gasteiger partial charge is 0.414 e. The lowest BCUT2D eigenvalue weighted by atomic mass is 9.61. The molecule has 0 N–H and O–H groups in total. The molecule has 5 heteroatoms. The zero-order chi connectivity index (χ0) is 28.7. The highest BCUT2D eigenvalue weighted by molar-refractivity contribution is 6.74. The van der Waals surface area contributed by atoms with Gasteiger partial charge in [-0.3, -0.25) is 0 Å². The van der Waals surface area contributed by atoms with Crippen LogP contribution in [0.5, 0.6) is 0 Å². The summed E-state index contributed by atoms with van der Waals surface area (Å²) in [6.07, 6.45) is 15.9. The number of allylic oxidation sites excluding steroid dienone is 3. The molecule has 0 heterocycles. The Morgan fingerprint density at radius 1 is 0.895 bits per heavy atom.